The molecule has 0 fully saturated rings. The number of carboxylic acid groups (broad SMARTS) is 1. The number of primary amides is 1. The monoisotopic (exact) mass is 644 g/mol. The first-order valence-corrected chi connectivity index (χ1v) is 15.0. The van der Waals surface area contributed by atoms with Gasteiger partial charge in [0.25, 0.3) is 0 Å². The minimum absolute atomic E-state index is 0.270. The van der Waals surface area contributed by atoms with Crippen molar-refractivity contribution < 1.29 is 43.8 Å². The molecule has 0 aromatic carbocycles. The number of carbonyl (C=O) groups excluding carboxylic acids is 6. The molecule has 7 atom stereocenters. The van der Waals surface area contributed by atoms with Crippen LogP contribution in [0.1, 0.15) is 73.6 Å². The lowest BCUT2D eigenvalue weighted by molar-refractivity contribution is -0.143. The van der Waals surface area contributed by atoms with Gasteiger partial charge in [0.1, 0.15) is 30.2 Å². The van der Waals surface area contributed by atoms with Gasteiger partial charge in [-0.2, -0.15) is 0 Å². The first-order valence-electron chi connectivity index (χ1n) is 15.0. The fourth-order valence-electron chi connectivity index (χ4n) is 4.07. The summed E-state index contributed by atoms with van der Waals surface area (Å²) in [5.41, 5.74) is 16.4. The van der Waals surface area contributed by atoms with Crippen LogP contribution in [0.4, 0.5) is 0 Å². The SMILES string of the molecule is CC(C)[C@H](NC(=O)[C@@H](NC(=O)[C@H](C)NC(=O)[C@@H](NC(=O)[C@@H](N)CCCCN)C(C)C)[C@@H](C)O)C(=O)N[C@@H](CCC(N)=O)C(=O)O. The van der Waals surface area contributed by atoms with Gasteiger partial charge >= 0.3 is 5.97 Å². The first-order chi connectivity index (χ1) is 20.8. The Morgan fingerprint density at radius 1 is 0.644 bits per heavy atom. The van der Waals surface area contributed by atoms with Gasteiger partial charge in [0.15, 0.2) is 0 Å². The minimum Gasteiger partial charge on any atom is -0.480 e. The molecule has 17 nitrogen and oxygen atoms in total. The molecule has 13 N–H and O–H groups in total. The van der Waals surface area contributed by atoms with Crippen molar-refractivity contribution in [2.75, 3.05) is 6.54 Å². The number of unbranched alkanes of at least 4 members (excludes halogenated alkanes) is 1. The number of aliphatic carboxylic acids is 1. The van der Waals surface area contributed by atoms with E-state index < -0.39 is 89.7 Å². The topological polar surface area (TPSA) is 298 Å². The van der Waals surface area contributed by atoms with E-state index in [1.54, 1.807) is 27.7 Å². The second-order valence-electron chi connectivity index (χ2n) is 11.7. The summed E-state index contributed by atoms with van der Waals surface area (Å²) in [7, 11) is 0. The molecule has 0 spiro atoms. The summed E-state index contributed by atoms with van der Waals surface area (Å²) in [4.78, 5) is 87.0. The molecule has 17 heteroatoms. The van der Waals surface area contributed by atoms with E-state index in [0.717, 1.165) is 0 Å². The van der Waals surface area contributed by atoms with Gasteiger partial charge in [0, 0.05) is 6.42 Å². The third-order valence-corrected chi connectivity index (χ3v) is 6.91. The number of hydrogen-bond acceptors (Lipinski definition) is 10. The van der Waals surface area contributed by atoms with Crippen LogP contribution in [0.3, 0.4) is 0 Å². The van der Waals surface area contributed by atoms with Crippen LogP contribution in [-0.2, 0) is 33.6 Å². The summed E-state index contributed by atoms with van der Waals surface area (Å²) in [5, 5.41) is 31.7. The molecule has 0 heterocycles. The van der Waals surface area contributed by atoms with Gasteiger partial charge in [-0.3, -0.25) is 28.8 Å². The highest BCUT2D eigenvalue weighted by Gasteiger charge is 2.35. The molecule has 0 bridgehead atoms. The van der Waals surface area contributed by atoms with Gasteiger partial charge in [0.05, 0.1) is 12.1 Å². The maximum Gasteiger partial charge on any atom is 0.326 e. The van der Waals surface area contributed by atoms with Crippen molar-refractivity contribution >= 4 is 41.4 Å². The van der Waals surface area contributed by atoms with Crippen LogP contribution in [0, 0.1) is 11.8 Å². The Kier molecular flexibility index (Phi) is 18.5. The quantitative estimate of drug-likeness (QED) is 0.0559. The molecule has 6 amide bonds. The third kappa shape index (κ3) is 15.1. The molecule has 0 saturated carbocycles. The van der Waals surface area contributed by atoms with Gasteiger partial charge in [-0.15, -0.1) is 0 Å². The number of aliphatic hydroxyl groups is 1. The lowest BCUT2D eigenvalue weighted by Gasteiger charge is -2.29. The number of carbonyl (C=O) groups is 7. The summed E-state index contributed by atoms with van der Waals surface area (Å²) in [5.74, 6) is -6.96. The van der Waals surface area contributed by atoms with Gasteiger partial charge in [-0.05, 0) is 51.5 Å². The molecular formula is C28H52N8O9. The second-order valence-corrected chi connectivity index (χ2v) is 11.7. The number of carboxylic acids is 1. The van der Waals surface area contributed by atoms with Crippen molar-refractivity contribution in [3.05, 3.63) is 0 Å². The zero-order valence-corrected chi connectivity index (χ0v) is 26.9. The maximum atomic E-state index is 13.1. The van der Waals surface area contributed by atoms with Crippen molar-refractivity contribution in [3.8, 4) is 0 Å². The summed E-state index contributed by atoms with van der Waals surface area (Å²) < 4.78 is 0. The first kappa shape index (κ1) is 41.2. The van der Waals surface area contributed by atoms with E-state index >= 15 is 0 Å². The van der Waals surface area contributed by atoms with Crippen LogP contribution in [0.5, 0.6) is 0 Å². The summed E-state index contributed by atoms with van der Waals surface area (Å²) in [6.07, 6.45) is -0.296. The number of hydrogen-bond donors (Lipinski definition) is 10. The van der Waals surface area contributed by atoms with Crippen LogP contribution in [0.2, 0.25) is 0 Å². The highest BCUT2D eigenvalue weighted by atomic mass is 16.4. The highest BCUT2D eigenvalue weighted by molar-refractivity contribution is 5.96. The molecule has 0 aliphatic carbocycles. The summed E-state index contributed by atoms with van der Waals surface area (Å²) in [6.45, 7) is 9.57. The van der Waals surface area contributed by atoms with Crippen molar-refractivity contribution in [1.29, 1.82) is 0 Å². The van der Waals surface area contributed by atoms with E-state index in [2.05, 4.69) is 26.6 Å². The normalized spacial score (nSPS) is 15.9. The fourth-order valence-corrected chi connectivity index (χ4v) is 4.07. The molecule has 0 saturated heterocycles. The molecule has 0 aliphatic rings. The molecule has 0 radical (unpaired) electrons. The Bertz CT molecular complexity index is 1040. The summed E-state index contributed by atoms with van der Waals surface area (Å²) in [6, 6.07) is -7.38. The van der Waals surface area contributed by atoms with Gasteiger partial charge in [-0.25, -0.2) is 4.79 Å². The number of aliphatic hydroxyl groups excluding tert-OH is 1. The molecule has 0 unspecified atom stereocenters. The minimum atomic E-state index is -1.57. The van der Waals surface area contributed by atoms with E-state index in [-0.39, 0.29) is 18.8 Å². The van der Waals surface area contributed by atoms with Crippen LogP contribution in [0.25, 0.3) is 0 Å². The van der Waals surface area contributed by atoms with Gasteiger partial charge in [0.2, 0.25) is 35.4 Å². The average molecular weight is 645 g/mol. The molecular weight excluding hydrogens is 592 g/mol. The molecule has 258 valence electrons. The number of nitrogens with two attached hydrogens (primary N) is 3. The molecule has 0 aliphatic heterocycles. The zero-order chi connectivity index (χ0) is 35.0. The number of rotatable bonds is 21. The predicted molar refractivity (Wildman–Crippen MR) is 164 cm³/mol. The molecule has 45 heavy (non-hydrogen) atoms. The van der Waals surface area contributed by atoms with Crippen LogP contribution in [0.15, 0.2) is 0 Å². The number of nitrogens with one attached hydrogen (secondary N) is 5. The molecule has 0 rings (SSSR count). The Morgan fingerprint density at radius 3 is 1.56 bits per heavy atom. The van der Waals surface area contributed by atoms with E-state index in [9.17, 15) is 43.8 Å². The Hall–Kier alpha value is -3.83. The second kappa shape index (κ2) is 20.2. The Balaban J connectivity index is 5.50. The van der Waals surface area contributed by atoms with E-state index in [0.29, 0.717) is 25.8 Å². The van der Waals surface area contributed by atoms with E-state index in [4.69, 9.17) is 17.2 Å². The molecule has 0 aromatic heterocycles. The highest BCUT2D eigenvalue weighted by Crippen LogP contribution is 2.08. The van der Waals surface area contributed by atoms with Crippen molar-refractivity contribution in [2.45, 2.75) is 116 Å². The van der Waals surface area contributed by atoms with Gasteiger partial charge < -0.3 is 54.0 Å². The van der Waals surface area contributed by atoms with E-state index in [1.807, 2.05) is 0 Å². The van der Waals surface area contributed by atoms with Crippen LogP contribution >= 0.6 is 0 Å². The Labute approximate surface area is 263 Å². The van der Waals surface area contributed by atoms with Gasteiger partial charge in [-0.1, -0.05) is 34.1 Å². The van der Waals surface area contributed by atoms with E-state index in [1.165, 1.54) is 13.8 Å². The van der Waals surface area contributed by atoms with Crippen LogP contribution in [-0.4, -0.2) is 101 Å². The smallest absolute Gasteiger partial charge is 0.326 e. The lowest BCUT2D eigenvalue weighted by Crippen LogP contribution is -2.61. The largest absolute Gasteiger partial charge is 0.480 e. The standard InChI is InChI=1S/C28H52N8O9/c1-13(2)20(34-24(40)17(30)9-7-8-12-29)25(41)32-15(5)23(39)36-22(16(6)37)27(43)35-21(14(3)4)26(42)33-18(28(44)45)10-11-19(31)38/h13-18,20-22,37H,7-12,29-30H2,1-6H3,(H2,31,38)(H,32,41)(H,33,42)(H,34,40)(H,35,43)(H,36,39)(H,44,45)/t15-,16+,17-,18-,20-,21-,22-/m0/s1. The predicted octanol–water partition coefficient (Wildman–Crippen LogP) is -3.07. The Morgan fingerprint density at radius 2 is 1.11 bits per heavy atom. The average Bonchev–Trinajstić information content (AvgIpc) is 2.93. The van der Waals surface area contributed by atoms with Crippen molar-refractivity contribution in [1.82, 2.24) is 26.6 Å². The summed E-state index contributed by atoms with van der Waals surface area (Å²) >= 11 is 0. The van der Waals surface area contributed by atoms with Crippen molar-refractivity contribution in [3.63, 3.8) is 0 Å². The third-order valence-electron chi connectivity index (χ3n) is 6.91. The van der Waals surface area contributed by atoms with Crippen LogP contribution < -0.4 is 43.8 Å². The molecule has 0 aromatic rings. The van der Waals surface area contributed by atoms with Crippen molar-refractivity contribution in [2.24, 2.45) is 29.0 Å². The lowest BCUT2D eigenvalue weighted by atomic mass is 10.0. The zero-order valence-electron chi connectivity index (χ0n) is 26.9. The number of amides is 6. The fraction of sp³-hybridized carbons (Fsp3) is 0.750. The maximum absolute atomic E-state index is 13.1.